The second kappa shape index (κ2) is 10.6. The van der Waals surface area contributed by atoms with Crippen LogP contribution in [-0.2, 0) is 16.1 Å². The summed E-state index contributed by atoms with van der Waals surface area (Å²) in [5.74, 6) is -0.534. The first-order valence-electron chi connectivity index (χ1n) is 10.5. The largest absolute Gasteiger partial charge is 0.352 e. The van der Waals surface area contributed by atoms with E-state index in [4.69, 9.17) is 0 Å². The minimum Gasteiger partial charge on any atom is -0.352 e. The summed E-state index contributed by atoms with van der Waals surface area (Å²) in [5.41, 5.74) is 1.57. The van der Waals surface area contributed by atoms with Crippen molar-refractivity contribution in [2.24, 2.45) is 0 Å². The Kier molecular flexibility index (Phi) is 7.91. The molecule has 3 rings (SSSR count). The maximum Gasteiger partial charge on any atom is 0.242 e. The summed E-state index contributed by atoms with van der Waals surface area (Å²) in [6, 6.07) is 13.9. The van der Waals surface area contributed by atoms with Crippen LogP contribution >= 0.6 is 11.8 Å². The number of carbonyl (C=O) groups is 2. The van der Waals surface area contributed by atoms with E-state index in [1.807, 2.05) is 31.2 Å². The highest BCUT2D eigenvalue weighted by Gasteiger charge is 2.29. The fourth-order valence-corrected chi connectivity index (χ4v) is 4.43. The number of carbonyl (C=O) groups excluding carboxylic acids is 2. The van der Waals surface area contributed by atoms with Gasteiger partial charge in [0, 0.05) is 23.0 Å². The quantitative estimate of drug-likeness (QED) is 0.620. The molecule has 0 radical (unpaired) electrons. The molecule has 6 heteroatoms. The molecule has 2 amide bonds. The Balaban J connectivity index is 1.71. The number of rotatable bonds is 8. The summed E-state index contributed by atoms with van der Waals surface area (Å²) in [5, 5.41) is 3.06. The SMILES string of the molecule is Cc1ccc(SCC(=O)N(Cc2ccccc2F)[C@@H](C)C(=O)NC2CCCC2)cc1. The van der Waals surface area contributed by atoms with Gasteiger partial charge in [0.15, 0.2) is 0 Å². The number of hydrogen-bond acceptors (Lipinski definition) is 3. The Morgan fingerprint density at radius 2 is 1.80 bits per heavy atom. The van der Waals surface area contributed by atoms with E-state index in [0.717, 1.165) is 36.1 Å². The average molecular weight is 429 g/mol. The zero-order chi connectivity index (χ0) is 21.5. The van der Waals surface area contributed by atoms with E-state index in [-0.39, 0.29) is 36.0 Å². The third-order valence-corrected chi connectivity index (χ3v) is 6.55. The van der Waals surface area contributed by atoms with E-state index in [1.165, 1.54) is 22.7 Å². The number of hydrogen-bond donors (Lipinski definition) is 1. The lowest BCUT2D eigenvalue weighted by molar-refractivity contribution is -0.139. The molecule has 0 heterocycles. The lowest BCUT2D eigenvalue weighted by Crippen LogP contribution is -2.50. The molecule has 1 fully saturated rings. The summed E-state index contributed by atoms with van der Waals surface area (Å²) in [7, 11) is 0. The van der Waals surface area contributed by atoms with Crippen molar-refractivity contribution < 1.29 is 14.0 Å². The predicted molar refractivity (Wildman–Crippen MR) is 119 cm³/mol. The number of nitrogens with zero attached hydrogens (tertiary/aromatic N) is 1. The van der Waals surface area contributed by atoms with Gasteiger partial charge < -0.3 is 10.2 Å². The van der Waals surface area contributed by atoms with Crippen LogP contribution in [0.2, 0.25) is 0 Å². The van der Waals surface area contributed by atoms with Crippen molar-refractivity contribution in [3.05, 3.63) is 65.5 Å². The molecule has 2 aromatic carbocycles. The molecule has 4 nitrogen and oxygen atoms in total. The van der Waals surface area contributed by atoms with Crippen molar-refractivity contribution in [3.8, 4) is 0 Å². The molecule has 0 spiro atoms. The van der Waals surface area contributed by atoms with Crippen LogP contribution in [0.25, 0.3) is 0 Å². The first-order valence-corrected chi connectivity index (χ1v) is 11.5. The van der Waals surface area contributed by atoms with Crippen LogP contribution < -0.4 is 5.32 Å². The molecule has 1 N–H and O–H groups in total. The number of amides is 2. The van der Waals surface area contributed by atoms with Crippen LogP contribution in [0.5, 0.6) is 0 Å². The molecule has 1 saturated carbocycles. The minimum atomic E-state index is -0.670. The lowest BCUT2D eigenvalue weighted by atomic mass is 10.1. The van der Waals surface area contributed by atoms with Crippen LogP contribution in [0.3, 0.4) is 0 Å². The minimum absolute atomic E-state index is 0.0687. The number of benzene rings is 2. The van der Waals surface area contributed by atoms with Crippen molar-refractivity contribution in [1.82, 2.24) is 10.2 Å². The van der Waals surface area contributed by atoms with Gasteiger partial charge in [0.1, 0.15) is 11.9 Å². The van der Waals surface area contributed by atoms with E-state index in [2.05, 4.69) is 5.32 Å². The molecule has 0 unspecified atom stereocenters. The van der Waals surface area contributed by atoms with Crippen molar-refractivity contribution in [3.63, 3.8) is 0 Å². The summed E-state index contributed by atoms with van der Waals surface area (Å²) < 4.78 is 14.3. The zero-order valence-corrected chi connectivity index (χ0v) is 18.4. The summed E-state index contributed by atoms with van der Waals surface area (Å²) in [4.78, 5) is 28.4. The summed E-state index contributed by atoms with van der Waals surface area (Å²) >= 11 is 1.43. The van der Waals surface area contributed by atoms with E-state index in [1.54, 1.807) is 25.1 Å². The molecule has 2 aromatic rings. The van der Waals surface area contributed by atoms with Gasteiger partial charge in [-0.3, -0.25) is 9.59 Å². The molecule has 0 bridgehead atoms. The maximum absolute atomic E-state index is 14.3. The normalized spacial score (nSPS) is 15.0. The topological polar surface area (TPSA) is 49.4 Å². The van der Waals surface area contributed by atoms with Crippen LogP contribution in [0.4, 0.5) is 4.39 Å². The van der Waals surface area contributed by atoms with E-state index < -0.39 is 6.04 Å². The van der Waals surface area contributed by atoms with Crippen LogP contribution in [0, 0.1) is 12.7 Å². The Bertz CT molecular complexity index is 866. The monoisotopic (exact) mass is 428 g/mol. The van der Waals surface area contributed by atoms with Crippen molar-refractivity contribution in [1.29, 1.82) is 0 Å². The van der Waals surface area contributed by atoms with Gasteiger partial charge in [0.05, 0.1) is 5.75 Å². The molecule has 1 aliphatic rings. The molecular weight excluding hydrogens is 399 g/mol. The van der Waals surface area contributed by atoms with Gasteiger partial charge in [-0.05, 0) is 44.9 Å². The van der Waals surface area contributed by atoms with Crippen molar-refractivity contribution >= 4 is 23.6 Å². The number of nitrogens with one attached hydrogen (secondary N) is 1. The third-order valence-electron chi connectivity index (χ3n) is 5.55. The predicted octanol–water partition coefficient (Wildman–Crippen LogP) is 4.70. The molecule has 1 aliphatic carbocycles. The van der Waals surface area contributed by atoms with E-state index in [0.29, 0.717) is 5.56 Å². The van der Waals surface area contributed by atoms with E-state index in [9.17, 15) is 14.0 Å². The van der Waals surface area contributed by atoms with Gasteiger partial charge in [0.2, 0.25) is 11.8 Å². The summed E-state index contributed by atoms with van der Waals surface area (Å²) in [6.07, 6.45) is 4.18. The maximum atomic E-state index is 14.3. The third kappa shape index (κ3) is 6.08. The first-order chi connectivity index (χ1) is 14.4. The Morgan fingerprint density at radius 3 is 2.47 bits per heavy atom. The van der Waals surface area contributed by atoms with Gasteiger partial charge in [-0.2, -0.15) is 0 Å². The Hall–Kier alpha value is -2.34. The van der Waals surface area contributed by atoms with Crippen LogP contribution in [0.1, 0.15) is 43.7 Å². The Labute approximate surface area is 182 Å². The van der Waals surface area contributed by atoms with Crippen LogP contribution in [-0.4, -0.2) is 34.6 Å². The average Bonchev–Trinajstić information content (AvgIpc) is 3.25. The molecule has 0 saturated heterocycles. The smallest absolute Gasteiger partial charge is 0.242 e. The van der Waals surface area contributed by atoms with Crippen molar-refractivity contribution in [2.45, 2.75) is 63.1 Å². The lowest BCUT2D eigenvalue weighted by Gasteiger charge is -2.29. The highest BCUT2D eigenvalue weighted by atomic mass is 32.2. The van der Waals surface area contributed by atoms with Crippen molar-refractivity contribution in [2.75, 3.05) is 5.75 Å². The fraction of sp³-hybridized carbons (Fsp3) is 0.417. The fourth-order valence-electron chi connectivity index (χ4n) is 3.65. The standard InChI is InChI=1S/C24H29FN2O2S/c1-17-11-13-21(14-12-17)30-16-23(28)27(15-19-7-3-6-10-22(19)25)18(2)24(29)26-20-8-4-5-9-20/h3,6-7,10-14,18,20H,4-5,8-9,15-16H2,1-2H3,(H,26,29)/t18-/m0/s1. The second-order valence-electron chi connectivity index (χ2n) is 7.88. The first kappa shape index (κ1) is 22.3. The zero-order valence-electron chi connectivity index (χ0n) is 17.6. The number of aryl methyl sites for hydroxylation is 1. The highest BCUT2D eigenvalue weighted by molar-refractivity contribution is 8.00. The van der Waals surface area contributed by atoms with Gasteiger partial charge in [-0.15, -0.1) is 11.8 Å². The van der Waals surface area contributed by atoms with Gasteiger partial charge in [0.25, 0.3) is 0 Å². The molecule has 160 valence electrons. The Morgan fingerprint density at radius 1 is 1.13 bits per heavy atom. The van der Waals surface area contributed by atoms with E-state index >= 15 is 0 Å². The molecule has 30 heavy (non-hydrogen) atoms. The molecular formula is C24H29FN2O2S. The summed E-state index contributed by atoms with van der Waals surface area (Å²) in [6.45, 7) is 3.80. The van der Waals surface area contributed by atoms with Gasteiger partial charge >= 0.3 is 0 Å². The highest BCUT2D eigenvalue weighted by Crippen LogP contribution is 2.22. The number of halogens is 1. The molecule has 0 aliphatic heterocycles. The molecule has 1 atom stereocenters. The number of thioether (sulfide) groups is 1. The van der Waals surface area contributed by atoms with Crippen LogP contribution in [0.15, 0.2) is 53.4 Å². The molecule has 0 aromatic heterocycles. The van der Waals surface area contributed by atoms with Gasteiger partial charge in [-0.25, -0.2) is 4.39 Å². The van der Waals surface area contributed by atoms with Gasteiger partial charge in [-0.1, -0.05) is 48.7 Å². The second-order valence-corrected chi connectivity index (χ2v) is 8.93.